The predicted molar refractivity (Wildman–Crippen MR) is 97.7 cm³/mol. The van der Waals surface area contributed by atoms with E-state index in [4.69, 9.17) is 18.9 Å². The Hall–Kier alpha value is -3.06. The van der Waals surface area contributed by atoms with E-state index in [2.05, 4.69) is 4.98 Å². The molecule has 140 valence electrons. The van der Waals surface area contributed by atoms with Crippen molar-refractivity contribution in [2.45, 2.75) is 6.10 Å². The molecule has 3 heterocycles. The standard InChI is InChI=1S/C20H20N2O5/c23-20(7-4-15-3-1-2-8-21-15)22-9-10-24-17(12-22)13-25-16-5-6-18-19(11-16)27-14-26-18/h1-8,11,17H,9-10,12-14H2/b7-4+. The van der Waals surface area contributed by atoms with Crippen molar-refractivity contribution in [2.75, 3.05) is 33.1 Å². The van der Waals surface area contributed by atoms with Crippen LogP contribution in [-0.2, 0) is 9.53 Å². The molecule has 0 bridgehead atoms. The van der Waals surface area contributed by atoms with Gasteiger partial charge in [-0.25, -0.2) is 0 Å². The normalized spacial score (nSPS) is 18.7. The Kier molecular flexibility index (Phi) is 5.20. The number of pyridine rings is 1. The van der Waals surface area contributed by atoms with Crippen LogP contribution in [0.25, 0.3) is 6.08 Å². The van der Waals surface area contributed by atoms with Gasteiger partial charge in [0.25, 0.3) is 0 Å². The largest absolute Gasteiger partial charge is 0.491 e. The Balaban J connectivity index is 1.30. The summed E-state index contributed by atoms with van der Waals surface area (Å²) >= 11 is 0. The summed E-state index contributed by atoms with van der Waals surface area (Å²) in [7, 11) is 0. The van der Waals surface area contributed by atoms with Gasteiger partial charge in [0.2, 0.25) is 12.7 Å². The fourth-order valence-corrected chi connectivity index (χ4v) is 2.91. The van der Waals surface area contributed by atoms with Crippen molar-refractivity contribution in [1.82, 2.24) is 9.88 Å². The molecular weight excluding hydrogens is 348 g/mol. The van der Waals surface area contributed by atoms with Gasteiger partial charge in [-0.2, -0.15) is 0 Å². The van der Waals surface area contributed by atoms with Crippen molar-refractivity contribution < 1.29 is 23.7 Å². The molecule has 0 spiro atoms. The molecule has 1 saturated heterocycles. The first-order valence-corrected chi connectivity index (χ1v) is 8.80. The molecule has 0 N–H and O–H groups in total. The van der Waals surface area contributed by atoms with Crippen LogP contribution in [0.3, 0.4) is 0 Å². The van der Waals surface area contributed by atoms with Crippen molar-refractivity contribution in [3.63, 3.8) is 0 Å². The molecule has 0 aliphatic carbocycles. The summed E-state index contributed by atoms with van der Waals surface area (Å²) in [6, 6.07) is 11.0. The fraction of sp³-hybridized carbons (Fsp3) is 0.300. The van der Waals surface area contributed by atoms with Crippen LogP contribution in [0, 0.1) is 0 Å². The Labute approximate surface area is 157 Å². The molecule has 7 heteroatoms. The Morgan fingerprint density at radius 2 is 2.19 bits per heavy atom. The van der Waals surface area contributed by atoms with Gasteiger partial charge < -0.3 is 23.8 Å². The van der Waals surface area contributed by atoms with Gasteiger partial charge >= 0.3 is 0 Å². The van der Waals surface area contributed by atoms with Crippen LogP contribution in [0.5, 0.6) is 17.2 Å². The quantitative estimate of drug-likeness (QED) is 0.753. The highest BCUT2D eigenvalue weighted by molar-refractivity contribution is 5.91. The van der Waals surface area contributed by atoms with Crippen molar-refractivity contribution >= 4 is 12.0 Å². The first kappa shape index (κ1) is 17.4. The maximum atomic E-state index is 12.4. The number of nitrogens with zero attached hydrogens (tertiary/aromatic N) is 2. The molecule has 1 atom stereocenters. The van der Waals surface area contributed by atoms with Gasteiger partial charge in [0.05, 0.1) is 18.8 Å². The van der Waals surface area contributed by atoms with Crippen LogP contribution < -0.4 is 14.2 Å². The molecule has 1 aromatic carbocycles. The number of hydrogen-bond acceptors (Lipinski definition) is 6. The van der Waals surface area contributed by atoms with E-state index in [0.717, 1.165) is 5.69 Å². The van der Waals surface area contributed by atoms with Gasteiger partial charge in [0.15, 0.2) is 11.5 Å². The second kappa shape index (κ2) is 8.09. The number of hydrogen-bond donors (Lipinski definition) is 0. The molecule has 1 amide bonds. The third-order valence-corrected chi connectivity index (χ3v) is 4.31. The Morgan fingerprint density at radius 1 is 1.26 bits per heavy atom. The van der Waals surface area contributed by atoms with Gasteiger partial charge in [0, 0.05) is 24.9 Å². The lowest BCUT2D eigenvalue weighted by Gasteiger charge is -2.32. The molecule has 2 aliphatic rings. The van der Waals surface area contributed by atoms with E-state index in [1.165, 1.54) is 0 Å². The summed E-state index contributed by atoms with van der Waals surface area (Å²) in [5.41, 5.74) is 0.752. The Morgan fingerprint density at radius 3 is 3.07 bits per heavy atom. The average molecular weight is 368 g/mol. The van der Waals surface area contributed by atoms with Crippen LogP contribution in [0.4, 0.5) is 0 Å². The highest BCUT2D eigenvalue weighted by Gasteiger charge is 2.24. The number of morpholine rings is 1. The maximum Gasteiger partial charge on any atom is 0.246 e. The van der Waals surface area contributed by atoms with Gasteiger partial charge in [-0.3, -0.25) is 9.78 Å². The summed E-state index contributed by atoms with van der Waals surface area (Å²) in [5.74, 6) is 2.01. The lowest BCUT2D eigenvalue weighted by molar-refractivity contribution is -0.134. The van der Waals surface area contributed by atoms with E-state index in [1.54, 1.807) is 29.3 Å². The molecule has 4 rings (SSSR count). The topological polar surface area (TPSA) is 70.1 Å². The minimum atomic E-state index is -0.184. The molecule has 2 aromatic rings. The van der Waals surface area contributed by atoms with Gasteiger partial charge in [-0.05, 0) is 30.3 Å². The third kappa shape index (κ3) is 4.38. The summed E-state index contributed by atoms with van der Waals surface area (Å²) in [6.07, 6.45) is 4.78. The van der Waals surface area contributed by atoms with E-state index in [9.17, 15) is 4.79 Å². The summed E-state index contributed by atoms with van der Waals surface area (Å²) in [6.45, 7) is 2.11. The predicted octanol–water partition coefficient (Wildman–Crippen LogP) is 2.13. The van der Waals surface area contributed by atoms with Gasteiger partial charge in [0.1, 0.15) is 18.5 Å². The smallest absolute Gasteiger partial charge is 0.246 e. The number of aromatic nitrogens is 1. The van der Waals surface area contributed by atoms with Crippen LogP contribution in [0.1, 0.15) is 5.69 Å². The third-order valence-electron chi connectivity index (χ3n) is 4.31. The maximum absolute atomic E-state index is 12.4. The minimum absolute atomic E-state index is 0.0583. The Bertz CT molecular complexity index is 824. The second-order valence-corrected chi connectivity index (χ2v) is 6.19. The number of benzene rings is 1. The number of rotatable bonds is 5. The van der Waals surface area contributed by atoms with E-state index < -0.39 is 0 Å². The molecular formula is C20H20N2O5. The van der Waals surface area contributed by atoms with Crippen LogP contribution in [0.15, 0.2) is 48.7 Å². The van der Waals surface area contributed by atoms with Gasteiger partial charge in [-0.15, -0.1) is 0 Å². The highest BCUT2D eigenvalue weighted by atomic mass is 16.7. The zero-order valence-electron chi connectivity index (χ0n) is 14.7. The van der Waals surface area contributed by atoms with Crippen molar-refractivity contribution in [3.8, 4) is 17.2 Å². The summed E-state index contributed by atoms with van der Waals surface area (Å²) in [5, 5.41) is 0. The minimum Gasteiger partial charge on any atom is -0.491 e. The number of carbonyl (C=O) groups is 1. The van der Waals surface area contributed by atoms with Crippen molar-refractivity contribution in [2.24, 2.45) is 0 Å². The van der Waals surface area contributed by atoms with E-state index in [0.29, 0.717) is 43.6 Å². The SMILES string of the molecule is O=C(/C=C/c1ccccn1)N1CCOC(COc2ccc3c(c2)OCO3)C1. The van der Waals surface area contributed by atoms with Gasteiger partial charge in [-0.1, -0.05) is 6.07 Å². The average Bonchev–Trinajstić information content (AvgIpc) is 3.19. The van der Waals surface area contributed by atoms with E-state index in [-0.39, 0.29) is 18.8 Å². The summed E-state index contributed by atoms with van der Waals surface area (Å²) in [4.78, 5) is 18.3. The highest BCUT2D eigenvalue weighted by Crippen LogP contribution is 2.35. The number of amides is 1. The zero-order chi connectivity index (χ0) is 18.5. The number of fused-ring (bicyclic) bond motifs is 1. The van der Waals surface area contributed by atoms with Crippen LogP contribution in [0.2, 0.25) is 0 Å². The summed E-state index contributed by atoms with van der Waals surface area (Å²) < 4.78 is 22.2. The molecule has 1 unspecified atom stereocenters. The van der Waals surface area contributed by atoms with Crippen molar-refractivity contribution in [1.29, 1.82) is 0 Å². The molecule has 7 nitrogen and oxygen atoms in total. The monoisotopic (exact) mass is 368 g/mol. The molecule has 0 saturated carbocycles. The zero-order valence-corrected chi connectivity index (χ0v) is 14.7. The van der Waals surface area contributed by atoms with Crippen molar-refractivity contribution in [3.05, 3.63) is 54.4 Å². The second-order valence-electron chi connectivity index (χ2n) is 6.19. The number of carbonyl (C=O) groups excluding carboxylic acids is 1. The lowest BCUT2D eigenvalue weighted by Crippen LogP contribution is -2.47. The molecule has 1 fully saturated rings. The van der Waals surface area contributed by atoms with E-state index >= 15 is 0 Å². The molecule has 2 aliphatic heterocycles. The number of ether oxygens (including phenoxy) is 4. The molecule has 1 aromatic heterocycles. The fourth-order valence-electron chi connectivity index (χ4n) is 2.91. The van der Waals surface area contributed by atoms with E-state index in [1.807, 2.05) is 30.3 Å². The van der Waals surface area contributed by atoms with Crippen LogP contribution in [-0.4, -0.2) is 55.0 Å². The van der Waals surface area contributed by atoms with Crippen LogP contribution >= 0.6 is 0 Å². The first-order chi connectivity index (χ1) is 13.3. The molecule has 27 heavy (non-hydrogen) atoms. The molecule has 0 radical (unpaired) electrons. The first-order valence-electron chi connectivity index (χ1n) is 8.80. The lowest BCUT2D eigenvalue weighted by atomic mass is 10.2.